The molecule has 0 fully saturated rings. The smallest absolute Gasteiger partial charge is 0.301 e. The highest BCUT2D eigenvalue weighted by atomic mass is 16.2. The molecule has 1 aromatic rings. The Morgan fingerprint density at radius 3 is 3.00 bits per heavy atom. The van der Waals surface area contributed by atoms with Crippen LogP contribution < -0.4 is 11.1 Å². The predicted octanol–water partition coefficient (Wildman–Crippen LogP) is -2.07. The summed E-state index contributed by atoms with van der Waals surface area (Å²) in [6.45, 7) is -0.199. The Morgan fingerprint density at radius 1 is 1.64 bits per heavy atom. The summed E-state index contributed by atoms with van der Waals surface area (Å²) in [6.07, 6.45) is 2.63. The number of nitrogens with one attached hydrogen (secondary N) is 1. The number of aromatic nitrogens is 3. The number of aromatic amines is 1. The first-order valence-electron chi connectivity index (χ1n) is 2.76. The van der Waals surface area contributed by atoms with Gasteiger partial charge in [-0.05, 0) is 0 Å². The molecular weight excluding hydrogens is 150 g/mol. The maximum Gasteiger partial charge on any atom is 0.330 e. The van der Waals surface area contributed by atoms with Crippen LogP contribution in [-0.4, -0.2) is 21.1 Å². The second kappa shape index (κ2) is 2.91. The van der Waals surface area contributed by atoms with Gasteiger partial charge in [0.05, 0.1) is 6.54 Å². The van der Waals surface area contributed by atoms with Crippen LogP contribution in [0.15, 0.2) is 9.59 Å². The van der Waals surface area contributed by atoms with E-state index in [1.807, 2.05) is 5.10 Å². The van der Waals surface area contributed by atoms with Gasteiger partial charge in [-0.1, -0.05) is 0 Å². The van der Waals surface area contributed by atoms with E-state index >= 15 is 0 Å². The lowest BCUT2D eigenvalue weighted by atomic mass is 10.6. The molecule has 0 aromatic carbocycles. The van der Waals surface area contributed by atoms with Crippen LogP contribution in [0.3, 0.4) is 0 Å². The maximum absolute atomic E-state index is 10.7. The first-order chi connectivity index (χ1) is 5.25. The predicted molar refractivity (Wildman–Crippen MR) is 34.0 cm³/mol. The fourth-order valence-electron chi connectivity index (χ4n) is 0.550. The summed E-state index contributed by atoms with van der Waals surface area (Å²) in [5, 5.41) is 5.09. The molecule has 0 saturated heterocycles. The molecule has 0 spiro atoms. The zero-order valence-corrected chi connectivity index (χ0v) is 5.40. The highest BCUT2D eigenvalue weighted by molar-refractivity contribution is 5.48. The Bertz CT molecular complexity index is 364. The number of carbonyl (C=O) groups excluding carboxylic acids is 1. The van der Waals surface area contributed by atoms with E-state index in [1.54, 1.807) is 0 Å². The van der Waals surface area contributed by atoms with Crippen LogP contribution >= 0.6 is 0 Å². The summed E-state index contributed by atoms with van der Waals surface area (Å²) in [6, 6.07) is 0. The van der Waals surface area contributed by atoms with E-state index in [0.717, 1.165) is 4.57 Å². The van der Waals surface area contributed by atoms with Crippen molar-refractivity contribution in [2.24, 2.45) is 0 Å². The summed E-state index contributed by atoms with van der Waals surface area (Å²) < 4.78 is 0.797. The van der Waals surface area contributed by atoms with E-state index < -0.39 is 11.1 Å². The average Bonchev–Trinajstić information content (AvgIpc) is 1.99. The minimum Gasteiger partial charge on any atom is -0.301 e. The van der Waals surface area contributed by atoms with Crippen molar-refractivity contribution in [3.8, 4) is 0 Å². The SMILES string of the molecule is O=CCn1[c]n[nH]c(=O)c1=O. The normalized spacial score (nSPS) is 9.45. The molecule has 0 saturated carbocycles. The fourth-order valence-corrected chi connectivity index (χ4v) is 0.550. The van der Waals surface area contributed by atoms with Gasteiger partial charge < -0.3 is 4.79 Å². The third kappa shape index (κ3) is 1.40. The van der Waals surface area contributed by atoms with Crippen LogP contribution in [0, 0.1) is 6.33 Å². The summed E-state index contributed by atoms with van der Waals surface area (Å²) in [4.78, 5) is 31.2. The van der Waals surface area contributed by atoms with E-state index in [4.69, 9.17) is 0 Å². The molecule has 0 aliphatic carbocycles. The quantitative estimate of drug-likeness (QED) is 0.391. The van der Waals surface area contributed by atoms with Crippen LogP contribution in [0.4, 0.5) is 0 Å². The van der Waals surface area contributed by atoms with Crippen molar-refractivity contribution in [2.45, 2.75) is 6.54 Å². The Labute approximate surface area is 60.5 Å². The van der Waals surface area contributed by atoms with E-state index in [1.165, 1.54) is 0 Å². The van der Waals surface area contributed by atoms with Crippen molar-refractivity contribution in [2.75, 3.05) is 0 Å². The Hall–Kier alpha value is -1.72. The van der Waals surface area contributed by atoms with Gasteiger partial charge in [0.2, 0.25) is 6.33 Å². The van der Waals surface area contributed by atoms with Gasteiger partial charge in [-0.3, -0.25) is 14.2 Å². The van der Waals surface area contributed by atoms with Crippen molar-refractivity contribution in [1.29, 1.82) is 0 Å². The van der Waals surface area contributed by atoms with Crippen molar-refractivity contribution < 1.29 is 4.79 Å². The molecule has 11 heavy (non-hydrogen) atoms. The number of hydrogen-bond acceptors (Lipinski definition) is 4. The number of nitrogens with zero attached hydrogens (tertiary/aromatic N) is 2. The lowest BCUT2D eigenvalue weighted by Gasteiger charge is -1.92. The van der Waals surface area contributed by atoms with E-state index in [9.17, 15) is 14.4 Å². The third-order valence-corrected chi connectivity index (χ3v) is 1.02. The third-order valence-electron chi connectivity index (χ3n) is 1.02. The lowest BCUT2D eigenvalue weighted by Crippen LogP contribution is -2.37. The minimum absolute atomic E-state index is 0.199. The van der Waals surface area contributed by atoms with Gasteiger partial charge in [-0.15, -0.1) is 0 Å². The second-order valence-electron chi connectivity index (χ2n) is 1.74. The Morgan fingerprint density at radius 2 is 2.36 bits per heavy atom. The van der Waals surface area contributed by atoms with E-state index in [0.29, 0.717) is 6.29 Å². The Balaban J connectivity index is 3.28. The van der Waals surface area contributed by atoms with Gasteiger partial charge in [0, 0.05) is 0 Å². The number of hydrogen-bond donors (Lipinski definition) is 1. The van der Waals surface area contributed by atoms with Crippen molar-refractivity contribution >= 4 is 6.29 Å². The standard InChI is InChI=1S/C5H4N3O3/c9-2-1-8-3-6-7-4(10)5(8)11/h2H,1H2,(H,7,10). The zero-order chi connectivity index (χ0) is 8.27. The Kier molecular flexibility index (Phi) is 1.95. The van der Waals surface area contributed by atoms with Crippen LogP contribution in [0.1, 0.15) is 0 Å². The zero-order valence-electron chi connectivity index (χ0n) is 5.40. The molecule has 0 aliphatic rings. The summed E-state index contributed by atoms with van der Waals surface area (Å²) in [5.41, 5.74) is -1.68. The number of aldehydes is 1. The molecule has 0 amide bonds. The molecule has 0 bridgehead atoms. The van der Waals surface area contributed by atoms with Gasteiger partial charge in [0.1, 0.15) is 6.29 Å². The van der Waals surface area contributed by atoms with Crippen molar-refractivity contribution in [1.82, 2.24) is 14.8 Å². The molecule has 0 atom stereocenters. The molecule has 1 N–H and O–H groups in total. The molecule has 0 unspecified atom stereocenters. The van der Waals surface area contributed by atoms with E-state index in [2.05, 4.69) is 11.4 Å². The van der Waals surface area contributed by atoms with Gasteiger partial charge in [-0.2, -0.15) is 5.10 Å². The molecule has 1 rings (SSSR count). The van der Waals surface area contributed by atoms with Crippen LogP contribution in [0.5, 0.6) is 0 Å². The second-order valence-corrected chi connectivity index (χ2v) is 1.74. The van der Waals surface area contributed by atoms with Crippen LogP contribution in [-0.2, 0) is 11.3 Å². The maximum atomic E-state index is 10.7. The first kappa shape index (κ1) is 7.39. The van der Waals surface area contributed by atoms with E-state index in [-0.39, 0.29) is 6.54 Å². The number of H-pyrrole nitrogens is 1. The van der Waals surface area contributed by atoms with Crippen LogP contribution in [0.25, 0.3) is 0 Å². The molecule has 6 nitrogen and oxygen atoms in total. The highest BCUT2D eigenvalue weighted by Crippen LogP contribution is 1.64. The molecule has 6 heteroatoms. The van der Waals surface area contributed by atoms with Gasteiger partial charge in [0.25, 0.3) is 0 Å². The first-order valence-corrected chi connectivity index (χ1v) is 2.76. The summed E-state index contributed by atoms with van der Waals surface area (Å²) in [7, 11) is 0. The highest BCUT2D eigenvalue weighted by Gasteiger charge is 1.98. The van der Waals surface area contributed by atoms with Gasteiger partial charge in [-0.25, -0.2) is 5.10 Å². The number of carbonyl (C=O) groups is 1. The molecule has 1 radical (unpaired) electrons. The van der Waals surface area contributed by atoms with Crippen LogP contribution in [0.2, 0.25) is 0 Å². The summed E-state index contributed by atoms with van der Waals surface area (Å²) >= 11 is 0. The summed E-state index contributed by atoms with van der Waals surface area (Å²) in [5.74, 6) is 0. The largest absolute Gasteiger partial charge is 0.330 e. The van der Waals surface area contributed by atoms with Gasteiger partial charge >= 0.3 is 11.1 Å². The molecule has 0 aliphatic heterocycles. The lowest BCUT2D eigenvalue weighted by molar-refractivity contribution is -0.108. The minimum atomic E-state index is -0.856. The molecule has 1 aromatic heterocycles. The van der Waals surface area contributed by atoms with Crippen molar-refractivity contribution in [3.63, 3.8) is 0 Å². The van der Waals surface area contributed by atoms with Gasteiger partial charge in [0.15, 0.2) is 0 Å². The molecule has 57 valence electrons. The molecule has 1 heterocycles. The number of rotatable bonds is 2. The monoisotopic (exact) mass is 154 g/mol. The average molecular weight is 154 g/mol. The molecular formula is C5H4N3O3. The van der Waals surface area contributed by atoms with Crippen molar-refractivity contribution in [3.05, 3.63) is 27.0 Å². The fraction of sp³-hybridized carbons (Fsp3) is 0.200. The topological polar surface area (TPSA) is 84.8 Å².